The molecule has 3 nitrogen and oxygen atoms in total. The van der Waals surface area contributed by atoms with Crippen molar-refractivity contribution in [1.82, 2.24) is 0 Å². The first kappa shape index (κ1) is 8.70. The Morgan fingerprint density at radius 3 is 2.30 bits per heavy atom. The third kappa shape index (κ3) is 2.88. The van der Waals surface area contributed by atoms with Crippen LogP contribution in [0.3, 0.4) is 0 Å². The fraction of sp³-hybridized carbons (Fsp3) is 0.429. The first-order chi connectivity index (χ1) is 4.57. The summed E-state index contributed by atoms with van der Waals surface area (Å²) in [6.45, 7) is 3.64. The lowest BCUT2D eigenvalue weighted by Crippen LogP contribution is -1.99. The van der Waals surface area contributed by atoms with Crippen LogP contribution in [0.2, 0.25) is 0 Å². The monoisotopic (exact) mass is 139 g/mol. The highest BCUT2D eigenvalue weighted by molar-refractivity contribution is 5.90. The highest BCUT2D eigenvalue weighted by Crippen LogP contribution is 2.00. The minimum atomic E-state index is -1.16. The van der Waals surface area contributed by atoms with Crippen molar-refractivity contribution in [2.24, 2.45) is 5.92 Å². The van der Waals surface area contributed by atoms with Gasteiger partial charge in [-0.25, -0.2) is 4.79 Å². The second kappa shape index (κ2) is 3.67. The van der Waals surface area contributed by atoms with Crippen molar-refractivity contribution < 1.29 is 9.90 Å². The average Bonchev–Trinajstić information content (AvgIpc) is 1.81. The number of carbonyl (C=O) groups is 1. The lowest BCUT2D eigenvalue weighted by molar-refractivity contribution is -0.132. The third-order valence-electron chi connectivity index (χ3n) is 0.851. The Bertz CT molecular complexity index is 198. The molecule has 0 saturated carbocycles. The molecule has 1 N–H and O–H groups in total. The van der Waals surface area contributed by atoms with E-state index in [2.05, 4.69) is 0 Å². The van der Waals surface area contributed by atoms with Crippen molar-refractivity contribution in [3.8, 4) is 6.07 Å². The van der Waals surface area contributed by atoms with E-state index in [0.717, 1.165) is 0 Å². The molecule has 0 saturated heterocycles. The Hall–Kier alpha value is -1.30. The Morgan fingerprint density at radius 1 is 1.70 bits per heavy atom. The predicted octanol–water partition coefficient (Wildman–Crippen LogP) is 1.18. The summed E-state index contributed by atoms with van der Waals surface area (Å²) in [6.07, 6.45) is 1.42. The summed E-state index contributed by atoms with van der Waals surface area (Å²) in [5, 5.41) is 16.6. The Labute approximate surface area is 59.6 Å². The summed E-state index contributed by atoms with van der Waals surface area (Å²) >= 11 is 0. The van der Waals surface area contributed by atoms with Gasteiger partial charge in [-0.2, -0.15) is 5.26 Å². The summed E-state index contributed by atoms with van der Waals surface area (Å²) in [6, 6.07) is 1.59. The van der Waals surface area contributed by atoms with E-state index in [9.17, 15) is 4.79 Å². The number of hydrogen-bond acceptors (Lipinski definition) is 2. The molecule has 0 aliphatic rings. The maximum absolute atomic E-state index is 10.2. The molecule has 0 aromatic heterocycles. The summed E-state index contributed by atoms with van der Waals surface area (Å²) < 4.78 is 0. The van der Waals surface area contributed by atoms with Gasteiger partial charge in [0.25, 0.3) is 0 Å². The quantitative estimate of drug-likeness (QED) is 0.461. The molecule has 0 rings (SSSR count). The van der Waals surface area contributed by atoms with Crippen LogP contribution >= 0.6 is 0 Å². The minimum Gasteiger partial charge on any atom is -0.477 e. The molecule has 0 unspecified atom stereocenters. The van der Waals surface area contributed by atoms with Crippen molar-refractivity contribution >= 4 is 5.97 Å². The van der Waals surface area contributed by atoms with Gasteiger partial charge in [-0.05, 0) is 5.92 Å². The first-order valence-corrected chi connectivity index (χ1v) is 2.93. The van der Waals surface area contributed by atoms with Crippen molar-refractivity contribution in [2.75, 3.05) is 0 Å². The molecule has 10 heavy (non-hydrogen) atoms. The normalized spacial score (nSPS) is 11.2. The van der Waals surface area contributed by atoms with Gasteiger partial charge in [0.2, 0.25) is 0 Å². The zero-order valence-corrected chi connectivity index (χ0v) is 5.96. The number of aliphatic carboxylic acids is 1. The van der Waals surface area contributed by atoms with Crippen molar-refractivity contribution in [3.05, 3.63) is 11.6 Å². The van der Waals surface area contributed by atoms with Crippen LogP contribution in [-0.2, 0) is 4.79 Å². The van der Waals surface area contributed by atoms with Crippen molar-refractivity contribution in [3.63, 3.8) is 0 Å². The number of carboxylic acids is 1. The molecule has 0 fully saturated rings. The number of hydrogen-bond donors (Lipinski definition) is 1. The van der Waals surface area contributed by atoms with Crippen molar-refractivity contribution in [1.29, 1.82) is 5.26 Å². The molecule has 0 aliphatic carbocycles. The molecular weight excluding hydrogens is 130 g/mol. The van der Waals surface area contributed by atoms with E-state index in [1.54, 1.807) is 6.07 Å². The minimum absolute atomic E-state index is 0.103. The topological polar surface area (TPSA) is 61.1 Å². The summed E-state index contributed by atoms with van der Waals surface area (Å²) in [4.78, 5) is 10.2. The molecule has 0 spiro atoms. The third-order valence-corrected chi connectivity index (χ3v) is 0.851. The van der Waals surface area contributed by atoms with E-state index in [-0.39, 0.29) is 11.5 Å². The van der Waals surface area contributed by atoms with Gasteiger partial charge >= 0.3 is 5.97 Å². The van der Waals surface area contributed by atoms with Gasteiger partial charge in [0, 0.05) is 0 Å². The van der Waals surface area contributed by atoms with E-state index >= 15 is 0 Å². The Balaban J connectivity index is 4.39. The number of allylic oxidation sites excluding steroid dienone is 1. The van der Waals surface area contributed by atoms with Gasteiger partial charge in [-0.1, -0.05) is 19.9 Å². The molecule has 0 atom stereocenters. The smallest absolute Gasteiger partial charge is 0.346 e. The van der Waals surface area contributed by atoms with E-state index in [1.165, 1.54) is 6.08 Å². The van der Waals surface area contributed by atoms with Crippen LogP contribution in [0.15, 0.2) is 11.6 Å². The molecule has 0 heterocycles. The van der Waals surface area contributed by atoms with Crippen LogP contribution in [0.5, 0.6) is 0 Å². The summed E-state index contributed by atoms with van der Waals surface area (Å²) in [5.74, 6) is -1.05. The average molecular weight is 139 g/mol. The van der Waals surface area contributed by atoms with E-state index in [4.69, 9.17) is 10.4 Å². The largest absolute Gasteiger partial charge is 0.477 e. The van der Waals surface area contributed by atoms with Gasteiger partial charge in [-0.3, -0.25) is 0 Å². The van der Waals surface area contributed by atoms with Gasteiger partial charge in [0.15, 0.2) is 0 Å². The molecule has 0 aromatic carbocycles. The molecule has 0 aliphatic heterocycles. The predicted molar refractivity (Wildman–Crippen MR) is 36.2 cm³/mol. The van der Waals surface area contributed by atoms with E-state index in [1.807, 2.05) is 13.8 Å². The van der Waals surface area contributed by atoms with Crippen LogP contribution < -0.4 is 0 Å². The van der Waals surface area contributed by atoms with Crippen molar-refractivity contribution in [2.45, 2.75) is 13.8 Å². The molecule has 0 bridgehead atoms. The van der Waals surface area contributed by atoms with Gasteiger partial charge < -0.3 is 5.11 Å². The lowest BCUT2D eigenvalue weighted by atomic mass is 10.1. The fourth-order valence-corrected chi connectivity index (χ4v) is 0.490. The van der Waals surface area contributed by atoms with Crippen LogP contribution in [0.25, 0.3) is 0 Å². The van der Waals surface area contributed by atoms with Gasteiger partial charge in [0.1, 0.15) is 11.6 Å². The Morgan fingerprint density at radius 2 is 2.20 bits per heavy atom. The Kier molecular flexibility index (Phi) is 3.20. The van der Waals surface area contributed by atoms with Crippen LogP contribution in [-0.4, -0.2) is 11.1 Å². The van der Waals surface area contributed by atoms with Gasteiger partial charge in [0.05, 0.1) is 0 Å². The molecule has 0 radical (unpaired) electrons. The number of nitriles is 1. The SMILES string of the molecule is CC(C)/C=C(\C#N)C(=O)O. The van der Waals surface area contributed by atoms with E-state index < -0.39 is 5.97 Å². The number of carboxylic acid groups (broad SMARTS) is 1. The molecule has 3 heteroatoms. The van der Waals surface area contributed by atoms with Crippen LogP contribution in [0, 0.1) is 17.2 Å². The van der Waals surface area contributed by atoms with Crippen LogP contribution in [0.4, 0.5) is 0 Å². The zero-order chi connectivity index (χ0) is 8.15. The number of rotatable bonds is 2. The van der Waals surface area contributed by atoms with Crippen LogP contribution in [0.1, 0.15) is 13.8 Å². The maximum Gasteiger partial charge on any atom is 0.346 e. The molecule has 54 valence electrons. The maximum atomic E-state index is 10.2. The van der Waals surface area contributed by atoms with Gasteiger partial charge in [-0.15, -0.1) is 0 Å². The second-order valence-electron chi connectivity index (χ2n) is 2.24. The zero-order valence-electron chi connectivity index (χ0n) is 5.96. The standard InChI is InChI=1S/C7H9NO2/c1-5(2)3-6(4-8)7(9)10/h3,5H,1-2H3,(H,9,10)/b6-3+. The molecule has 0 aromatic rings. The molecular formula is C7H9NO2. The highest BCUT2D eigenvalue weighted by Gasteiger charge is 2.04. The summed E-state index contributed by atoms with van der Waals surface area (Å²) in [5.41, 5.74) is -0.185. The molecule has 0 amide bonds. The highest BCUT2D eigenvalue weighted by atomic mass is 16.4. The fourth-order valence-electron chi connectivity index (χ4n) is 0.490. The first-order valence-electron chi connectivity index (χ1n) is 2.93. The second-order valence-corrected chi connectivity index (χ2v) is 2.24. The number of nitrogens with zero attached hydrogens (tertiary/aromatic N) is 1. The summed E-state index contributed by atoms with van der Waals surface area (Å²) in [7, 11) is 0. The van der Waals surface area contributed by atoms with E-state index in [0.29, 0.717) is 0 Å². The lowest BCUT2D eigenvalue weighted by Gasteiger charge is -1.93.